The third kappa shape index (κ3) is 1.97. The monoisotopic (exact) mass is 213 g/mol. The van der Waals surface area contributed by atoms with E-state index in [2.05, 4.69) is 32.0 Å². The average Bonchev–Trinajstić information content (AvgIpc) is 2.73. The molecule has 1 nitrogen and oxygen atoms in total. The van der Waals surface area contributed by atoms with Crippen molar-refractivity contribution in [2.45, 2.75) is 44.9 Å². The summed E-state index contributed by atoms with van der Waals surface area (Å²) >= 11 is 0. The quantitative estimate of drug-likeness (QED) is 0.727. The minimum atomic E-state index is 0.342. The third-order valence-corrected chi connectivity index (χ3v) is 4.13. The second-order valence-corrected chi connectivity index (χ2v) is 5.27. The second kappa shape index (κ2) is 4.29. The number of rotatable bonds is 2. The summed E-state index contributed by atoms with van der Waals surface area (Å²) in [6.45, 7) is 4.65. The van der Waals surface area contributed by atoms with Crippen LogP contribution in [0.1, 0.15) is 50.7 Å². The molecule has 84 valence electrons. The number of nitriles is 1. The topological polar surface area (TPSA) is 23.8 Å². The highest BCUT2D eigenvalue weighted by Crippen LogP contribution is 2.44. The number of nitrogens with zero attached hydrogens (tertiary/aromatic N) is 1. The Kier molecular flexibility index (Phi) is 3.01. The Morgan fingerprint density at radius 3 is 2.56 bits per heavy atom. The Bertz CT molecular complexity index is 398. The van der Waals surface area contributed by atoms with Crippen molar-refractivity contribution in [3.63, 3.8) is 0 Å². The molecule has 1 heteroatoms. The van der Waals surface area contributed by atoms with Crippen LogP contribution in [-0.2, 0) is 5.41 Å². The molecule has 0 saturated heterocycles. The van der Waals surface area contributed by atoms with Gasteiger partial charge < -0.3 is 0 Å². The predicted molar refractivity (Wildman–Crippen MR) is 66.1 cm³/mol. The molecule has 2 atom stereocenters. The van der Waals surface area contributed by atoms with Gasteiger partial charge in [-0.2, -0.15) is 5.26 Å². The SMILES string of the molecule is CCC1CCC(C)(c2ccc(C#N)cc2)C1. The molecule has 1 aromatic carbocycles. The fourth-order valence-corrected chi connectivity index (χ4v) is 2.92. The van der Waals surface area contributed by atoms with Crippen molar-refractivity contribution in [1.29, 1.82) is 5.26 Å². The Balaban J connectivity index is 2.21. The molecule has 0 heterocycles. The van der Waals surface area contributed by atoms with Crippen LogP contribution >= 0.6 is 0 Å². The maximum Gasteiger partial charge on any atom is 0.0991 e. The lowest BCUT2D eigenvalue weighted by molar-refractivity contribution is 0.445. The van der Waals surface area contributed by atoms with E-state index in [0.717, 1.165) is 11.5 Å². The summed E-state index contributed by atoms with van der Waals surface area (Å²) in [7, 11) is 0. The molecule has 0 N–H and O–H groups in total. The van der Waals surface area contributed by atoms with E-state index >= 15 is 0 Å². The number of benzene rings is 1. The van der Waals surface area contributed by atoms with Gasteiger partial charge in [-0.1, -0.05) is 32.4 Å². The lowest BCUT2D eigenvalue weighted by Crippen LogP contribution is -2.17. The van der Waals surface area contributed by atoms with Crippen LogP contribution in [0.5, 0.6) is 0 Å². The van der Waals surface area contributed by atoms with Gasteiger partial charge in [-0.05, 0) is 48.3 Å². The molecular weight excluding hydrogens is 194 g/mol. The molecule has 0 bridgehead atoms. The summed E-state index contributed by atoms with van der Waals surface area (Å²) in [5.41, 5.74) is 2.51. The summed E-state index contributed by atoms with van der Waals surface area (Å²) in [4.78, 5) is 0. The van der Waals surface area contributed by atoms with Crippen LogP contribution in [0, 0.1) is 17.2 Å². The van der Waals surface area contributed by atoms with E-state index in [4.69, 9.17) is 5.26 Å². The molecule has 2 unspecified atom stereocenters. The van der Waals surface area contributed by atoms with Gasteiger partial charge in [0, 0.05) is 0 Å². The summed E-state index contributed by atoms with van der Waals surface area (Å²) in [6, 6.07) is 10.3. The van der Waals surface area contributed by atoms with E-state index < -0.39 is 0 Å². The molecule has 1 aromatic rings. The van der Waals surface area contributed by atoms with Crippen molar-refractivity contribution in [1.82, 2.24) is 0 Å². The highest BCUT2D eigenvalue weighted by molar-refractivity contribution is 5.35. The van der Waals surface area contributed by atoms with E-state index in [1.54, 1.807) is 0 Å². The minimum absolute atomic E-state index is 0.342. The lowest BCUT2D eigenvalue weighted by Gasteiger charge is -2.25. The molecule has 1 saturated carbocycles. The summed E-state index contributed by atoms with van der Waals surface area (Å²) in [6.07, 6.45) is 5.24. The van der Waals surface area contributed by atoms with Crippen LogP contribution in [0.15, 0.2) is 24.3 Å². The normalized spacial score (nSPS) is 28.9. The first-order valence-electron chi connectivity index (χ1n) is 6.18. The molecule has 1 aliphatic rings. The Hall–Kier alpha value is -1.29. The second-order valence-electron chi connectivity index (χ2n) is 5.27. The third-order valence-electron chi connectivity index (χ3n) is 4.13. The van der Waals surface area contributed by atoms with Crippen LogP contribution in [0.4, 0.5) is 0 Å². The summed E-state index contributed by atoms with van der Waals surface area (Å²) in [5.74, 6) is 0.889. The zero-order valence-corrected chi connectivity index (χ0v) is 10.2. The maximum atomic E-state index is 8.79. The highest BCUT2D eigenvalue weighted by atomic mass is 14.4. The van der Waals surface area contributed by atoms with Gasteiger partial charge in [-0.3, -0.25) is 0 Å². The van der Waals surface area contributed by atoms with E-state index in [0.29, 0.717) is 5.41 Å². The zero-order chi connectivity index (χ0) is 11.6. The first-order chi connectivity index (χ1) is 7.68. The van der Waals surface area contributed by atoms with Gasteiger partial charge >= 0.3 is 0 Å². The van der Waals surface area contributed by atoms with E-state index in [1.165, 1.54) is 31.2 Å². The van der Waals surface area contributed by atoms with Crippen molar-refractivity contribution in [2.24, 2.45) is 5.92 Å². The highest BCUT2D eigenvalue weighted by Gasteiger charge is 2.35. The lowest BCUT2D eigenvalue weighted by atomic mass is 9.80. The van der Waals surface area contributed by atoms with Crippen molar-refractivity contribution in [3.8, 4) is 6.07 Å². The van der Waals surface area contributed by atoms with Crippen LogP contribution in [0.2, 0.25) is 0 Å². The van der Waals surface area contributed by atoms with Crippen LogP contribution in [0.3, 0.4) is 0 Å². The first-order valence-corrected chi connectivity index (χ1v) is 6.18. The van der Waals surface area contributed by atoms with Gasteiger partial charge in [0.25, 0.3) is 0 Å². The van der Waals surface area contributed by atoms with Crippen LogP contribution in [-0.4, -0.2) is 0 Å². The molecule has 0 spiro atoms. The van der Waals surface area contributed by atoms with E-state index in [-0.39, 0.29) is 0 Å². The fraction of sp³-hybridized carbons (Fsp3) is 0.533. The molecule has 1 fully saturated rings. The smallest absolute Gasteiger partial charge is 0.0991 e. The average molecular weight is 213 g/mol. The number of hydrogen-bond donors (Lipinski definition) is 0. The largest absolute Gasteiger partial charge is 0.192 e. The first kappa shape index (κ1) is 11.2. The molecule has 0 aromatic heterocycles. The van der Waals surface area contributed by atoms with Gasteiger partial charge in [0.2, 0.25) is 0 Å². The van der Waals surface area contributed by atoms with Gasteiger partial charge in [-0.25, -0.2) is 0 Å². The molecule has 2 rings (SSSR count). The van der Waals surface area contributed by atoms with Crippen molar-refractivity contribution >= 4 is 0 Å². The van der Waals surface area contributed by atoms with Gasteiger partial charge in [0.1, 0.15) is 0 Å². The molecule has 1 aliphatic carbocycles. The predicted octanol–water partition coefficient (Wildman–Crippen LogP) is 4.03. The molecule has 0 aliphatic heterocycles. The van der Waals surface area contributed by atoms with E-state index in [9.17, 15) is 0 Å². The molecular formula is C15H19N. The number of hydrogen-bond acceptors (Lipinski definition) is 1. The van der Waals surface area contributed by atoms with E-state index in [1.807, 2.05) is 12.1 Å². The van der Waals surface area contributed by atoms with Crippen molar-refractivity contribution in [3.05, 3.63) is 35.4 Å². The summed E-state index contributed by atoms with van der Waals surface area (Å²) in [5, 5.41) is 8.79. The standard InChI is InChI=1S/C15H19N/c1-3-12-8-9-15(2,10-12)14-6-4-13(11-16)5-7-14/h4-7,12H,3,8-10H2,1-2H3. The maximum absolute atomic E-state index is 8.79. The molecule has 16 heavy (non-hydrogen) atoms. The Labute approximate surface area is 98.1 Å². The van der Waals surface area contributed by atoms with Crippen molar-refractivity contribution in [2.75, 3.05) is 0 Å². The summed E-state index contributed by atoms with van der Waals surface area (Å²) < 4.78 is 0. The van der Waals surface area contributed by atoms with Crippen molar-refractivity contribution < 1.29 is 0 Å². The Morgan fingerprint density at radius 2 is 2.06 bits per heavy atom. The van der Waals surface area contributed by atoms with Gasteiger partial charge in [-0.15, -0.1) is 0 Å². The molecule has 0 amide bonds. The van der Waals surface area contributed by atoms with Gasteiger partial charge in [0.05, 0.1) is 11.6 Å². The van der Waals surface area contributed by atoms with Crippen LogP contribution < -0.4 is 0 Å². The fourth-order valence-electron chi connectivity index (χ4n) is 2.92. The minimum Gasteiger partial charge on any atom is -0.192 e. The Morgan fingerprint density at radius 1 is 1.38 bits per heavy atom. The van der Waals surface area contributed by atoms with Gasteiger partial charge in [0.15, 0.2) is 0 Å². The zero-order valence-electron chi connectivity index (χ0n) is 10.2. The van der Waals surface area contributed by atoms with Crippen LogP contribution in [0.25, 0.3) is 0 Å². The molecule has 0 radical (unpaired) electrons.